The Morgan fingerprint density at radius 3 is 2.75 bits per heavy atom. The monoisotopic (exact) mass is 282 g/mol. The summed E-state index contributed by atoms with van der Waals surface area (Å²) >= 11 is 0. The van der Waals surface area contributed by atoms with Crippen LogP contribution in [0.5, 0.6) is 0 Å². The predicted octanol–water partition coefficient (Wildman–Crippen LogP) is 2.58. The van der Waals surface area contributed by atoms with Crippen LogP contribution >= 0.6 is 0 Å². The molecule has 1 heterocycles. The number of carbonyl (C=O) groups is 2. The second-order valence-electron chi connectivity index (χ2n) is 5.42. The van der Waals surface area contributed by atoms with Gasteiger partial charge in [0, 0.05) is 19.6 Å². The molecule has 1 aliphatic rings. The molecule has 0 aromatic carbocycles. The number of carboxylic acid groups (broad SMARTS) is 1. The first-order valence-corrected chi connectivity index (χ1v) is 7.45. The number of carbonyl (C=O) groups excluding carboxylic acids is 1. The number of hydrogen-bond donors (Lipinski definition) is 1. The summed E-state index contributed by atoms with van der Waals surface area (Å²) in [6.45, 7) is 7.25. The van der Waals surface area contributed by atoms with E-state index in [0.29, 0.717) is 5.92 Å². The van der Waals surface area contributed by atoms with Crippen molar-refractivity contribution in [1.29, 1.82) is 0 Å². The van der Waals surface area contributed by atoms with Crippen LogP contribution in [0.15, 0.2) is 12.7 Å². The van der Waals surface area contributed by atoms with Gasteiger partial charge in [0.25, 0.3) is 0 Å². The molecule has 0 aromatic rings. The SMILES string of the molecule is C=CCN(CC(=O)O)C(=O)N1CCCC(CCC)CC1. The molecule has 5 heteroatoms. The minimum atomic E-state index is -0.987. The highest BCUT2D eigenvalue weighted by Gasteiger charge is 2.24. The van der Waals surface area contributed by atoms with E-state index in [1.165, 1.54) is 17.7 Å². The standard InChI is InChI=1S/C15H26N2O3/c1-3-6-13-7-5-10-16(11-8-13)15(20)17(9-4-2)12-14(18)19/h4,13H,2-3,5-12H2,1H3,(H,18,19). The van der Waals surface area contributed by atoms with Gasteiger partial charge >= 0.3 is 12.0 Å². The van der Waals surface area contributed by atoms with Crippen LogP contribution in [-0.4, -0.2) is 53.1 Å². The summed E-state index contributed by atoms with van der Waals surface area (Å²) in [5.41, 5.74) is 0. The molecule has 1 atom stereocenters. The van der Waals surface area contributed by atoms with Crippen LogP contribution < -0.4 is 0 Å². The van der Waals surface area contributed by atoms with E-state index in [0.717, 1.165) is 32.4 Å². The molecule has 0 aromatic heterocycles. The maximum Gasteiger partial charge on any atom is 0.323 e. The van der Waals surface area contributed by atoms with Gasteiger partial charge in [0.15, 0.2) is 0 Å². The lowest BCUT2D eigenvalue weighted by Crippen LogP contribution is -2.45. The maximum atomic E-state index is 12.4. The Morgan fingerprint density at radius 1 is 1.40 bits per heavy atom. The molecule has 0 aliphatic carbocycles. The molecule has 20 heavy (non-hydrogen) atoms. The van der Waals surface area contributed by atoms with Gasteiger partial charge in [0.1, 0.15) is 6.54 Å². The lowest BCUT2D eigenvalue weighted by Gasteiger charge is -2.28. The van der Waals surface area contributed by atoms with Crippen LogP contribution in [-0.2, 0) is 4.79 Å². The highest BCUT2D eigenvalue weighted by Crippen LogP contribution is 2.22. The highest BCUT2D eigenvalue weighted by atomic mass is 16.4. The van der Waals surface area contributed by atoms with Crippen molar-refractivity contribution in [2.75, 3.05) is 26.2 Å². The smallest absolute Gasteiger partial charge is 0.323 e. The van der Waals surface area contributed by atoms with Gasteiger partial charge in [-0.25, -0.2) is 4.79 Å². The lowest BCUT2D eigenvalue weighted by atomic mass is 9.96. The molecule has 1 N–H and O–H groups in total. The minimum Gasteiger partial charge on any atom is -0.480 e. The Morgan fingerprint density at radius 2 is 2.15 bits per heavy atom. The van der Waals surface area contributed by atoms with Crippen molar-refractivity contribution < 1.29 is 14.7 Å². The molecule has 0 spiro atoms. The summed E-state index contributed by atoms with van der Waals surface area (Å²) in [6.07, 6.45) is 7.16. The molecule has 1 aliphatic heterocycles. The normalized spacial score (nSPS) is 19.2. The largest absolute Gasteiger partial charge is 0.480 e. The van der Waals surface area contributed by atoms with Gasteiger partial charge in [-0.3, -0.25) is 4.79 Å². The number of aliphatic carboxylic acids is 1. The summed E-state index contributed by atoms with van der Waals surface area (Å²) in [6, 6.07) is -0.176. The third-order valence-corrected chi connectivity index (χ3v) is 3.76. The zero-order valence-corrected chi connectivity index (χ0v) is 12.4. The first-order valence-electron chi connectivity index (χ1n) is 7.45. The fraction of sp³-hybridized carbons (Fsp3) is 0.733. The van der Waals surface area contributed by atoms with E-state index in [1.807, 2.05) is 0 Å². The van der Waals surface area contributed by atoms with Crippen molar-refractivity contribution in [1.82, 2.24) is 9.80 Å². The Bertz CT molecular complexity index is 344. The maximum absolute atomic E-state index is 12.4. The van der Waals surface area contributed by atoms with Gasteiger partial charge in [0.05, 0.1) is 0 Å². The van der Waals surface area contributed by atoms with Crippen LogP contribution in [0.4, 0.5) is 4.79 Å². The van der Waals surface area contributed by atoms with Gasteiger partial charge < -0.3 is 14.9 Å². The summed E-state index contributed by atoms with van der Waals surface area (Å²) in [7, 11) is 0. The number of amides is 2. The fourth-order valence-corrected chi connectivity index (χ4v) is 2.78. The molecule has 1 unspecified atom stereocenters. The van der Waals surface area contributed by atoms with Crippen molar-refractivity contribution in [2.45, 2.75) is 39.0 Å². The van der Waals surface area contributed by atoms with Gasteiger partial charge in [-0.15, -0.1) is 6.58 Å². The molecule has 114 valence electrons. The Kier molecular flexibility index (Phi) is 7.12. The van der Waals surface area contributed by atoms with Crippen molar-refractivity contribution in [3.8, 4) is 0 Å². The summed E-state index contributed by atoms with van der Waals surface area (Å²) < 4.78 is 0. The van der Waals surface area contributed by atoms with Crippen molar-refractivity contribution >= 4 is 12.0 Å². The molecule has 0 bridgehead atoms. The van der Waals surface area contributed by atoms with Crippen molar-refractivity contribution in [2.24, 2.45) is 5.92 Å². The summed E-state index contributed by atoms with van der Waals surface area (Å²) in [5, 5.41) is 8.88. The average Bonchev–Trinajstić information content (AvgIpc) is 2.63. The van der Waals surface area contributed by atoms with E-state index in [9.17, 15) is 9.59 Å². The third kappa shape index (κ3) is 5.23. The summed E-state index contributed by atoms with van der Waals surface area (Å²) in [5.74, 6) is -0.288. The van der Waals surface area contributed by atoms with Crippen LogP contribution in [0, 0.1) is 5.92 Å². The third-order valence-electron chi connectivity index (χ3n) is 3.76. The van der Waals surface area contributed by atoms with Crippen LogP contribution in [0.2, 0.25) is 0 Å². The van der Waals surface area contributed by atoms with E-state index < -0.39 is 5.97 Å². The fourth-order valence-electron chi connectivity index (χ4n) is 2.78. The number of nitrogens with zero attached hydrogens (tertiary/aromatic N) is 2. The Hall–Kier alpha value is -1.52. The lowest BCUT2D eigenvalue weighted by molar-refractivity contribution is -0.137. The quantitative estimate of drug-likeness (QED) is 0.762. The van der Waals surface area contributed by atoms with E-state index >= 15 is 0 Å². The molecular formula is C15H26N2O3. The number of hydrogen-bond acceptors (Lipinski definition) is 2. The second-order valence-corrected chi connectivity index (χ2v) is 5.42. The topological polar surface area (TPSA) is 60.9 Å². The van der Waals surface area contributed by atoms with Gasteiger partial charge in [-0.05, 0) is 25.2 Å². The van der Waals surface area contributed by atoms with Gasteiger partial charge in [0.2, 0.25) is 0 Å². The molecule has 1 fully saturated rings. The first-order chi connectivity index (χ1) is 9.58. The Labute approximate surface area is 121 Å². The van der Waals surface area contributed by atoms with E-state index in [4.69, 9.17) is 5.11 Å². The minimum absolute atomic E-state index is 0.176. The molecule has 2 amide bonds. The van der Waals surface area contributed by atoms with Gasteiger partial charge in [-0.1, -0.05) is 25.8 Å². The first kappa shape index (κ1) is 16.5. The zero-order chi connectivity index (χ0) is 15.0. The number of urea groups is 1. The van der Waals surface area contributed by atoms with E-state index in [1.54, 1.807) is 11.0 Å². The molecule has 1 saturated heterocycles. The van der Waals surface area contributed by atoms with Crippen LogP contribution in [0.3, 0.4) is 0 Å². The van der Waals surface area contributed by atoms with Crippen LogP contribution in [0.25, 0.3) is 0 Å². The van der Waals surface area contributed by atoms with Crippen molar-refractivity contribution in [3.63, 3.8) is 0 Å². The summed E-state index contributed by atoms with van der Waals surface area (Å²) in [4.78, 5) is 26.3. The molecular weight excluding hydrogens is 256 g/mol. The number of carboxylic acids is 1. The molecule has 0 radical (unpaired) electrons. The van der Waals surface area contributed by atoms with Crippen LogP contribution in [0.1, 0.15) is 39.0 Å². The second kappa shape index (κ2) is 8.61. The average molecular weight is 282 g/mol. The number of likely N-dealkylation sites (tertiary alicyclic amines) is 1. The van der Waals surface area contributed by atoms with E-state index in [-0.39, 0.29) is 19.1 Å². The Balaban J connectivity index is 2.59. The predicted molar refractivity (Wildman–Crippen MR) is 78.6 cm³/mol. The van der Waals surface area contributed by atoms with Gasteiger partial charge in [-0.2, -0.15) is 0 Å². The molecule has 0 saturated carbocycles. The molecule has 5 nitrogen and oxygen atoms in total. The van der Waals surface area contributed by atoms with Crippen molar-refractivity contribution in [3.05, 3.63) is 12.7 Å². The molecule has 1 rings (SSSR count). The van der Waals surface area contributed by atoms with E-state index in [2.05, 4.69) is 13.5 Å². The number of rotatable bonds is 6. The highest BCUT2D eigenvalue weighted by molar-refractivity contribution is 5.80. The zero-order valence-electron chi connectivity index (χ0n) is 12.4.